The quantitative estimate of drug-likeness (QED) is 0.453. The molecule has 9 heteroatoms. The van der Waals surface area contributed by atoms with E-state index < -0.39 is 11.8 Å². The van der Waals surface area contributed by atoms with E-state index in [4.69, 9.17) is 14.2 Å². The van der Waals surface area contributed by atoms with E-state index in [1.54, 1.807) is 12.1 Å². The molecule has 3 rings (SSSR count). The molecule has 0 aromatic heterocycles. The molecule has 0 bridgehead atoms. The molecule has 0 fully saturated rings. The van der Waals surface area contributed by atoms with Crippen LogP contribution in [-0.2, 0) is 4.79 Å². The monoisotopic (exact) mass is 451 g/mol. The normalized spacial score (nSPS) is 10.3. The zero-order valence-corrected chi connectivity index (χ0v) is 18.6. The molecule has 0 aliphatic heterocycles. The van der Waals surface area contributed by atoms with Crippen LogP contribution >= 0.6 is 0 Å². The maximum Gasteiger partial charge on any atom is 0.269 e. The zero-order chi connectivity index (χ0) is 23.8. The Hall–Kier alpha value is -4.27. The predicted octanol–water partition coefficient (Wildman–Crippen LogP) is 2.45. The molecule has 172 valence electrons. The van der Waals surface area contributed by atoms with Crippen molar-refractivity contribution >= 4 is 28.5 Å². The summed E-state index contributed by atoms with van der Waals surface area (Å²) in [4.78, 5) is 36.8. The number of hydrogen-bond donors (Lipinski definition) is 3. The van der Waals surface area contributed by atoms with E-state index in [1.807, 2.05) is 30.3 Å². The van der Waals surface area contributed by atoms with Crippen LogP contribution in [0.1, 0.15) is 27.1 Å². The molecule has 3 aromatic carbocycles. The fraction of sp³-hybridized carbons (Fsp3) is 0.208. The first-order valence-electron chi connectivity index (χ1n) is 10.1. The Balaban J connectivity index is 1.50. The Kier molecular flexibility index (Phi) is 7.69. The van der Waals surface area contributed by atoms with Crippen molar-refractivity contribution in [3.8, 4) is 17.2 Å². The lowest BCUT2D eigenvalue weighted by atomic mass is 10.1. The molecule has 3 amide bonds. The van der Waals surface area contributed by atoms with Crippen LogP contribution in [0.15, 0.2) is 54.6 Å². The van der Waals surface area contributed by atoms with Gasteiger partial charge in [-0.05, 0) is 35.0 Å². The van der Waals surface area contributed by atoms with Gasteiger partial charge in [-0.15, -0.1) is 0 Å². The van der Waals surface area contributed by atoms with Crippen LogP contribution < -0.4 is 30.4 Å². The standard InChI is InChI=1S/C24H25N3O6/c1-31-19-13-18(14-20(32-2)22(19)33-3)24(30)27-26-21(28)10-11-25-23(29)17-9-8-15-6-4-5-7-16(15)12-17/h4-9,12-14H,10-11H2,1-3H3,(H,25,29)(H,26,28)(H,27,30). The third-order valence-electron chi connectivity index (χ3n) is 4.89. The lowest BCUT2D eigenvalue weighted by molar-refractivity contribution is -0.121. The van der Waals surface area contributed by atoms with Crippen molar-refractivity contribution in [1.82, 2.24) is 16.2 Å². The highest BCUT2D eigenvalue weighted by atomic mass is 16.5. The molecule has 0 saturated carbocycles. The van der Waals surface area contributed by atoms with Gasteiger partial charge in [0.15, 0.2) is 11.5 Å². The minimum Gasteiger partial charge on any atom is -0.493 e. The van der Waals surface area contributed by atoms with Gasteiger partial charge in [0.1, 0.15) is 0 Å². The summed E-state index contributed by atoms with van der Waals surface area (Å²) in [6.45, 7) is 0.109. The second kappa shape index (κ2) is 10.9. The molecule has 0 saturated heterocycles. The van der Waals surface area contributed by atoms with E-state index in [0.717, 1.165) is 10.8 Å². The number of amides is 3. The Morgan fingerprint density at radius 1 is 0.727 bits per heavy atom. The molecular formula is C24H25N3O6. The number of carbonyl (C=O) groups excluding carboxylic acids is 3. The lowest BCUT2D eigenvalue weighted by Gasteiger charge is -2.14. The first-order chi connectivity index (χ1) is 16.0. The SMILES string of the molecule is COc1cc(C(=O)NNC(=O)CCNC(=O)c2ccc3ccccc3c2)cc(OC)c1OC. The van der Waals surface area contributed by atoms with E-state index in [2.05, 4.69) is 16.2 Å². The number of hydrogen-bond acceptors (Lipinski definition) is 6. The number of carbonyl (C=O) groups is 3. The Labute approximate surface area is 191 Å². The summed E-state index contributed by atoms with van der Waals surface area (Å²) in [6.07, 6.45) is -0.0190. The van der Waals surface area contributed by atoms with Crippen LogP contribution in [0.5, 0.6) is 17.2 Å². The van der Waals surface area contributed by atoms with Crippen LogP contribution in [0.4, 0.5) is 0 Å². The third-order valence-corrected chi connectivity index (χ3v) is 4.89. The fourth-order valence-electron chi connectivity index (χ4n) is 3.20. The second-order valence-electron chi connectivity index (χ2n) is 6.98. The molecule has 0 heterocycles. The highest BCUT2D eigenvalue weighted by molar-refractivity contribution is 5.99. The van der Waals surface area contributed by atoms with Crippen molar-refractivity contribution in [1.29, 1.82) is 0 Å². The van der Waals surface area contributed by atoms with Crippen LogP contribution in [0.3, 0.4) is 0 Å². The number of methoxy groups -OCH3 is 3. The third kappa shape index (κ3) is 5.70. The molecule has 0 atom stereocenters. The van der Waals surface area contributed by atoms with Gasteiger partial charge in [0.05, 0.1) is 21.3 Å². The van der Waals surface area contributed by atoms with Crippen LogP contribution in [-0.4, -0.2) is 45.6 Å². The number of hydrazine groups is 1. The molecule has 0 aliphatic carbocycles. The van der Waals surface area contributed by atoms with Crippen molar-refractivity contribution < 1.29 is 28.6 Å². The summed E-state index contributed by atoms with van der Waals surface area (Å²) in [5.74, 6) is -0.343. The van der Waals surface area contributed by atoms with Gasteiger partial charge in [0.25, 0.3) is 11.8 Å². The minimum atomic E-state index is -0.567. The topological polar surface area (TPSA) is 115 Å². The molecular weight excluding hydrogens is 426 g/mol. The van der Waals surface area contributed by atoms with E-state index in [-0.39, 0.29) is 24.4 Å². The number of nitrogens with one attached hydrogen (secondary N) is 3. The Morgan fingerprint density at radius 2 is 1.39 bits per heavy atom. The van der Waals surface area contributed by atoms with Crippen LogP contribution in [0.2, 0.25) is 0 Å². The van der Waals surface area contributed by atoms with Gasteiger partial charge in [-0.25, -0.2) is 0 Å². The van der Waals surface area contributed by atoms with Crippen molar-refractivity contribution in [2.75, 3.05) is 27.9 Å². The fourth-order valence-corrected chi connectivity index (χ4v) is 3.20. The first-order valence-corrected chi connectivity index (χ1v) is 10.1. The maximum atomic E-state index is 12.4. The van der Waals surface area contributed by atoms with Gasteiger partial charge in [-0.1, -0.05) is 30.3 Å². The Bertz CT molecular complexity index is 1150. The summed E-state index contributed by atoms with van der Waals surface area (Å²) in [5, 5.41) is 4.69. The molecule has 33 heavy (non-hydrogen) atoms. The average molecular weight is 451 g/mol. The van der Waals surface area contributed by atoms with Crippen LogP contribution in [0.25, 0.3) is 10.8 Å². The predicted molar refractivity (Wildman–Crippen MR) is 123 cm³/mol. The first kappa shape index (κ1) is 23.4. The van der Waals surface area contributed by atoms with Crippen LogP contribution in [0, 0.1) is 0 Å². The van der Waals surface area contributed by atoms with Gasteiger partial charge < -0.3 is 19.5 Å². The molecule has 3 aromatic rings. The largest absolute Gasteiger partial charge is 0.493 e. The molecule has 9 nitrogen and oxygen atoms in total. The van der Waals surface area contributed by atoms with Gasteiger partial charge in [0, 0.05) is 24.1 Å². The number of benzene rings is 3. The highest BCUT2D eigenvalue weighted by Crippen LogP contribution is 2.38. The van der Waals surface area contributed by atoms with E-state index in [1.165, 1.54) is 33.5 Å². The maximum absolute atomic E-state index is 12.4. The summed E-state index contributed by atoms with van der Waals surface area (Å²) < 4.78 is 15.7. The molecule has 3 N–H and O–H groups in total. The summed E-state index contributed by atoms with van der Waals surface area (Å²) in [7, 11) is 4.33. The summed E-state index contributed by atoms with van der Waals surface area (Å²) in [6, 6.07) is 16.1. The smallest absolute Gasteiger partial charge is 0.269 e. The van der Waals surface area contributed by atoms with E-state index >= 15 is 0 Å². The second-order valence-corrected chi connectivity index (χ2v) is 6.98. The van der Waals surface area contributed by atoms with Crippen molar-refractivity contribution in [3.63, 3.8) is 0 Å². The zero-order valence-electron chi connectivity index (χ0n) is 18.6. The molecule has 0 aliphatic rings. The molecule has 0 radical (unpaired) electrons. The van der Waals surface area contributed by atoms with Crippen molar-refractivity contribution in [2.24, 2.45) is 0 Å². The number of ether oxygens (including phenoxy) is 3. The van der Waals surface area contributed by atoms with Crippen molar-refractivity contribution in [2.45, 2.75) is 6.42 Å². The van der Waals surface area contributed by atoms with Gasteiger partial charge in [0.2, 0.25) is 11.7 Å². The number of fused-ring (bicyclic) bond motifs is 1. The summed E-state index contributed by atoms with van der Waals surface area (Å²) >= 11 is 0. The average Bonchev–Trinajstić information content (AvgIpc) is 2.85. The molecule has 0 unspecified atom stereocenters. The number of rotatable bonds is 8. The Morgan fingerprint density at radius 3 is 2.03 bits per heavy atom. The van der Waals surface area contributed by atoms with Gasteiger partial charge in [-0.2, -0.15) is 0 Å². The van der Waals surface area contributed by atoms with E-state index in [9.17, 15) is 14.4 Å². The highest BCUT2D eigenvalue weighted by Gasteiger charge is 2.17. The lowest BCUT2D eigenvalue weighted by Crippen LogP contribution is -2.42. The van der Waals surface area contributed by atoms with Gasteiger partial charge >= 0.3 is 0 Å². The van der Waals surface area contributed by atoms with Gasteiger partial charge in [-0.3, -0.25) is 25.2 Å². The van der Waals surface area contributed by atoms with E-state index in [0.29, 0.717) is 22.8 Å². The minimum absolute atomic E-state index is 0.0190. The summed E-state index contributed by atoms with van der Waals surface area (Å²) in [5.41, 5.74) is 5.35. The van der Waals surface area contributed by atoms with Crippen molar-refractivity contribution in [3.05, 3.63) is 65.7 Å². The molecule has 0 spiro atoms.